The van der Waals surface area contributed by atoms with Crippen LogP contribution in [0.25, 0.3) is 0 Å². The van der Waals surface area contributed by atoms with Crippen LogP contribution in [-0.2, 0) is 21.8 Å². The highest BCUT2D eigenvalue weighted by atomic mass is 35.5. The van der Waals surface area contributed by atoms with Gasteiger partial charge in [0.2, 0.25) is 11.8 Å². The van der Waals surface area contributed by atoms with Crippen LogP contribution >= 0.6 is 34.7 Å². The van der Waals surface area contributed by atoms with Crippen LogP contribution in [0.5, 0.6) is 5.75 Å². The Kier molecular flexibility index (Phi) is 8.90. The van der Waals surface area contributed by atoms with Crippen molar-refractivity contribution in [1.82, 2.24) is 9.80 Å². The molecule has 162 valence electrons. The highest BCUT2D eigenvalue weighted by Gasteiger charge is 2.21. The van der Waals surface area contributed by atoms with Crippen molar-refractivity contribution >= 4 is 46.5 Å². The fourth-order valence-electron chi connectivity index (χ4n) is 3.38. The molecule has 0 atom stereocenters. The Hall–Kier alpha value is -1.70. The van der Waals surface area contributed by atoms with Crippen molar-refractivity contribution in [2.24, 2.45) is 0 Å². The highest BCUT2D eigenvalue weighted by Crippen LogP contribution is 2.25. The van der Waals surface area contributed by atoms with Gasteiger partial charge in [0, 0.05) is 43.2 Å². The summed E-state index contributed by atoms with van der Waals surface area (Å²) in [4.78, 5) is 30.2. The largest absolute Gasteiger partial charge is 0.497 e. The Morgan fingerprint density at radius 2 is 1.73 bits per heavy atom. The average Bonchev–Trinajstić information content (AvgIpc) is 3.02. The number of thiophene rings is 1. The zero-order chi connectivity index (χ0) is 21.3. The van der Waals surface area contributed by atoms with Gasteiger partial charge in [0.15, 0.2) is 0 Å². The van der Waals surface area contributed by atoms with Crippen molar-refractivity contribution < 1.29 is 14.3 Å². The Balaban J connectivity index is 1.39. The Morgan fingerprint density at radius 1 is 1.03 bits per heavy atom. The smallest absolute Gasteiger partial charge is 0.232 e. The molecule has 1 aromatic heterocycles. The monoisotopic (exact) mass is 466 g/mol. The van der Waals surface area contributed by atoms with Gasteiger partial charge in [0.1, 0.15) is 5.75 Å². The van der Waals surface area contributed by atoms with Crippen LogP contribution in [0.1, 0.15) is 23.3 Å². The first kappa shape index (κ1) is 23.0. The van der Waals surface area contributed by atoms with Crippen molar-refractivity contribution in [3.8, 4) is 5.75 Å². The summed E-state index contributed by atoms with van der Waals surface area (Å²) in [6.07, 6.45) is 2.02. The molecule has 2 amide bonds. The molecule has 0 bridgehead atoms. The van der Waals surface area contributed by atoms with E-state index in [0.717, 1.165) is 27.8 Å². The standard InChI is InChI=1S/C22H27ClN2O3S2/c1-28-18-6-3-17(4-7-18)5-10-21(26)24-11-2-12-25(14-13-24)22(27)16-29-15-19-8-9-20(23)30-19/h3-4,6-9H,2,5,10-16H2,1H3. The summed E-state index contributed by atoms with van der Waals surface area (Å²) >= 11 is 9.12. The number of benzene rings is 1. The molecule has 0 spiro atoms. The van der Waals surface area contributed by atoms with Crippen molar-refractivity contribution in [3.63, 3.8) is 0 Å². The quantitative estimate of drug-likeness (QED) is 0.580. The molecule has 1 aromatic carbocycles. The third kappa shape index (κ3) is 6.93. The molecule has 1 fully saturated rings. The zero-order valence-corrected chi connectivity index (χ0v) is 19.5. The molecule has 0 radical (unpaired) electrons. The minimum absolute atomic E-state index is 0.148. The molecule has 1 saturated heterocycles. The van der Waals surface area contributed by atoms with E-state index in [1.807, 2.05) is 46.2 Å². The van der Waals surface area contributed by atoms with Crippen LogP contribution in [0.2, 0.25) is 4.34 Å². The van der Waals surface area contributed by atoms with Crippen molar-refractivity contribution in [2.45, 2.75) is 25.0 Å². The van der Waals surface area contributed by atoms with Crippen LogP contribution < -0.4 is 4.74 Å². The number of carbonyl (C=O) groups is 2. The molecule has 3 rings (SSSR count). The minimum Gasteiger partial charge on any atom is -0.497 e. The molecular formula is C22H27ClN2O3S2. The Morgan fingerprint density at radius 3 is 2.37 bits per heavy atom. The molecule has 1 aliphatic rings. The number of methoxy groups -OCH3 is 1. The molecular weight excluding hydrogens is 440 g/mol. The fraction of sp³-hybridized carbons (Fsp3) is 0.455. The summed E-state index contributed by atoms with van der Waals surface area (Å²) in [5.41, 5.74) is 1.12. The van der Waals surface area contributed by atoms with Crippen LogP contribution in [-0.4, -0.2) is 60.7 Å². The predicted octanol–water partition coefficient (Wildman–Crippen LogP) is 4.34. The van der Waals surface area contributed by atoms with Gasteiger partial charge in [0.05, 0.1) is 17.2 Å². The van der Waals surface area contributed by atoms with E-state index >= 15 is 0 Å². The van der Waals surface area contributed by atoms with Crippen LogP contribution in [0.15, 0.2) is 36.4 Å². The van der Waals surface area contributed by atoms with E-state index in [1.165, 1.54) is 4.88 Å². The maximum atomic E-state index is 12.6. The lowest BCUT2D eigenvalue weighted by atomic mass is 10.1. The van der Waals surface area contributed by atoms with Gasteiger partial charge in [-0.1, -0.05) is 23.7 Å². The summed E-state index contributed by atoms with van der Waals surface area (Å²) in [6.45, 7) is 2.65. The maximum Gasteiger partial charge on any atom is 0.232 e. The topological polar surface area (TPSA) is 49.9 Å². The van der Waals surface area contributed by atoms with Gasteiger partial charge in [-0.2, -0.15) is 0 Å². The minimum atomic E-state index is 0.148. The van der Waals surface area contributed by atoms with Crippen LogP contribution in [0.4, 0.5) is 0 Å². The predicted molar refractivity (Wildman–Crippen MR) is 125 cm³/mol. The number of carbonyl (C=O) groups excluding carboxylic acids is 2. The molecule has 30 heavy (non-hydrogen) atoms. The number of halogens is 1. The van der Waals surface area contributed by atoms with Gasteiger partial charge in [-0.15, -0.1) is 23.1 Å². The lowest BCUT2D eigenvalue weighted by Gasteiger charge is -2.22. The highest BCUT2D eigenvalue weighted by molar-refractivity contribution is 7.99. The summed E-state index contributed by atoms with van der Waals surface area (Å²) < 4.78 is 5.95. The summed E-state index contributed by atoms with van der Waals surface area (Å²) in [6, 6.07) is 11.7. The maximum absolute atomic E-state index is 12.6. The third-order valence-corrected chi connectivity index (χ3v) is 7.47. The van der Waals surface area contributed by atoms with Gasteiger partial charge >= 0.3 is 0 Å². The number of amides is 2. The molecule has 0 aliphatic carbocycles. The van der Waals surface area contributed by atoms with Crippen molar-refractivity contribution in [1.29, 1.82) is 0 Å². The first-order valence-electron chi connectivity index (χ1n) is 10.1. The number of thioether (sulfide) groups is 1. The SMILES string of the molecule is COc1ccc(CCC(=O)N2CCCN(C(=O)CSCc3ccc(Cl)s3)CC2)cc1. The molecule has 5 nitrogen and oxygen atoms in total. The number of ether oxygens (including phenoxy) is 1. The van der Waals surface area contributed by atoms with E-state index in [4.69, 9.17) is 16.3 Å². The summed E-state index contributed by atoms with van der Waals surface area (Å²) in [5, 5.41) is 0. The third-order valence-electron chi connectivity index (χ3n) is 5.09. The van der Waals surface area contributed by atoms with E-state index in [-0.39, 0.29) is 11.8 Å². The van der Waals surface area contributed by atoms with E-state index in [0.29, 0.717) is 44.8 Å². The average molecular weight is 467 g/mol. The Labute approximate surface area is 191 Å². The second-order valence-electron chi connectivity index (χ2n) is 7.16. The van der Waals surface area contributed by atoms with E-state index in [2.05, 4.69) is 0 Å². The number of rotatable bonds is 8. The molecule has 8 heteroatoms. The van der Waals surface area contributed by atoms with Crippen molar-refractivity contribution in [3.05, 3.63) is 51.2 Å². The van der Waals surface area contributed by atoms with Gasteiger partial charge in [0.25, 0.3) is 0 Å². The number of hydrogen-bond donors (Lipinski definition) is 0. The van der Waals surface area contributed by atoms with Gasteiger partial charge in [-0.05, 0) is 42.7 Å². The molecule has 2 heterocycles. The number of nitrogens with zero attached hydrogens (tertiary/aromatic N) is 2. The second kappa shape index (κ2) is 11.6. The van der Waals surface area contributed by atoms with Gasteiger partial charge < -0.3 is 14.5 Å². The molecule has 0 N–H and O–H groups in total. The summed E-state index contributed by atoms with van der Waals surface area (Å²) in [7, 11) is 1.64. The number of hydrogen-bond acceptors (Lipinski definition) is 5. The first-order chi connectivity index (χ1) is 14.5. The lowest BCUT2D eigenvalue weighted by molar-refractivity contribution is -0.132. The van der Waals surface area contributed by atoms with Crippen LogP contribution in [0.3, 0.4) is 0 Å². The zero-order valence-electron chi connectivity index (χ0n) is 17.1. The molecule has 0 saturated carbocycles. The second-order valence-corrected chi connectivity index (χ2v) is 9.95. The first-order valence-corrected chi connectivity index (χ1v) is 12.4. The van der Waals surface area contributed by atoms with E-state index in [1.54, 1.807) is 30.2 Å². The molecule has 2 aromatic rings. The van der Waals surface area contributed by atoms with E-state index in [9.17, 15) is 9.59 Å². The Bertz CT molecular complexity index is 841. The fourth-order valence-corrected chi connectivity index (χ4v) is 5.50. The normalized spacial score (nSPS) is 14.5. The molecule has 1 aliphatic heterocycles. The number of aryl methyl sites for hydroxylation is 1. The van der Waals surface area contributed by atoms with Gasteiger partial charge in [-0.3, -0.25) is 9.59 Å². The van der Waals surface area contributed by atoms with E-state index < -0.39 is 0 Å². The summed E-state index contributed by atoms with van der Waals surface area (Å²) in [5.74, 6) is 2.38. The molecule has 0 unspecified atom stereocenters. The van der Waals surface area contributed by atoms with Crippen LogP contribution in [0, 0.1) is 0 Å². The van der Waals surface area contributed by atoms with Crippen molar-refractivity contribution in [2.75, 3.05) is 39.0 Å². The van der Waals surface area contributed by atoms with Gasteiger partial charge in [-0.25, -0.2) is 0 Å². The lowest BCUT2D eigenvalue weighted by Crippen LogP contribution is -2.38.